The van der Waals surface area contributed by atoms with Gasteiger partial charge in [-0.2, -0.15) is 0 Å². The molecule has 0 aromatic carbocycles. The lowest BCUT2D eigenvalue weighted by Gasteiger charge is -2.45. The Hall–Kier alpha value is -0.0951. The molecule has 0 aromatic rings. The van der Waals surface area contributed by atoms with Crippen LogP contribution in [0.5, 0.6) is 0 Å². The number of ether oxygens (including phenoxy) is 2. The monoisotopic (exact) mass is 328 g/mol. The minimum Gasteiger partial charge on any atom is -0.407 e. The molecule has 1 fully saturated rings. The standard InChI is InChI=1S/C18H37BO4/c1-14(2)22-19(23-15(3)4)18(21-13-20-8)11-9-16(10-12-18)17(5,6)7/h14-16H,9-13H2,1-8H3. The van der Waals surface area contributed by atoms with Crippen molar-refractivity contribution < 1.29 is 18.8 Å². The minimum atomic E-state index is -0.410. The highest BCUT2D eigenvalue weighted by Gasteiger charge is 2.51. The zero-order valence-electron chi connectivity index (χ0n) is 16.5. The number of methoxy groups -OCH3 is 1. The Morgan fingerprint density at radius 1 is 1.00 bits per heavy atom. The molecule has 0 unspecified atom stereocenters. The summed E-state index contributed by atoms with van der Waals surface area (Å²) in [6, 6.07) is 0. The topological polar surface area (TPSA) is 36.9 Å². The van der Waals surface area contributed by atoms with Crippen LogP contribution in [0, 0.1) is 11.3 Å². The van der Waals surface area contributed by atoms with Gasteiger partial charge in [0.05, 0.1) is 0 Å². The van der Waals surface area contributed by atoms with Gasteiger partial charge in [0, 0.05) is 19.3 Å². The average molecular weight is 328 g/mol. The van der Waals surface area contributed by atoms with E-state index in [1.165, 1.54) is 0 Å². The maximum absolute atomic E-state index is 6.17. The van der Waals surface area contributed by atoms with Crippen LogP contribution in [0.25, 0.3) is 0 Å². The molecule has 136 valence electrons. The van der Waals surface area contributed by atoms with Gasteiger partial charge in [-0.1, -0.05) is 20.8 Å². The summed E-state index contributed by atoms with van der Waals surface area (Å²) < 4.78 is 23.6. The van der Waals surface area contributed by atoms with Gasteiger partial charge in [-0.05, 0) is 64.7 Å². The van der Waals surface area contributed by atoms with E-state index < -0.39 is 5.50 Å². The molecule has 0 aromatic heterocycles. The van der Waals surface area contributed by atoms with Crippen LogP contribution >= 0.6 is 0 Å². The smallest absolute Gasteiger partial charge is 0.407 e. The summed E-state index contributed by atoms with van der Waals surface area (Å²) in [5.74, 6) is 0.709. The van der Waals surface area contributed by atoms with Crippen LogP contribution in [-0.4, -0.2) is 38.7 Å². The largest absolute Gasteiger partial charge is 0.491 e. The Morgan fingerprint density at radius 3 is 1.83 bits per heavy atom. The number of hydrogen-bond acceptors (Lipinski definition) is 4. The van der Waals surface area contributed by atoms with Crippen LogP contribution in [0.2, 0.25) is 0 Å². The third-order valence-corrected chi connectivity index (χ3v) is 4.74. The van der Waals surface area contributed by atoms with E-state index in [1.54, 1.807) is 7.11 Å². The van der Waals surface area contributed by atoms with Gasteiger partial charge in [0.1, 0.15) is 12.3 Å². The van der Waals surface area contributed by atoms with Crippen LogP contribution in [0.3, 0.4) is 0 Å². The zero-order chi connectivity index (χ0) is 17.7. The molecule has 23 heavy (non-hydrogen) atoms. The Labute approximate surface area is 143 Å². The number of rotatable bonds is 8. The summed E-state index contributed by atoms with van der Waals surface area (Å²) in [7, 11) is 1.31. The lowest BCUT2D eigenvalue weighted by atomic mass is 9.55. The second-order valence-corrected chi connectivity index (χ2v) is 8.46. The van der Waals surface area contributed by atoms with Crippen molar-refractivity contribution in [2.75, 3.05) is 13.9 Å². The van der Waals surface area contributed by atoms with Crippen molar-refractivity contribution in [1.82, 2.24) is 0 Å². The van der Waals surface area contributed by atoms with Crippen molar-refractivity contribution in [2.45, 2.75) is 91.9 Å². The molecule has 0 amide bonds. The zero-order valence-corrected chi connectivity index (χ0v) is 16.5. The molecule has 0 radical (unpaired) electrons. The molecule has 0 saturated heterocycles. The molecule has 5 heteroatoms. The number of hydrogen-bond donors (Lipinski definition) is 0. The molecule has 0 spiro atoms. The fraction of sp³-hybridized carbons (Fsp3) is 1.00. The SMILES string of the molecule is COCOC1(B(OC(C)C)OC(C)C)CCC(C(C)(C)C)CC1. The van der Waals surface area contributed by atoms with Gasteiger partial charge in [0.15, 0.2) is 0 Å². The Bertz CT molecular complexity index is 320. The minimum absolute atomic E-state index is 0.0992. The first-order valence-corrected chi connectivity index (χ1v) is 9.04. The van der Waals surface area contributed by atoms with Crippen LogP contribution in [-0.2, 0) is 18.8 Å². The summed E-state index contributed by atoms with van der Waals surface area (Å²) >= 11 is 0. The molecule has 1 aliphatic rings. The highest BCUT2D eigenvalue weighted by molar-refractivity contribution is 6.48. The van der Waals surface area contributed by atoms with Gasteiger partial charge in [-0.3, -0.25) is 0 Å². The summed E-state index contributed by atoms with van der Waals surface area (Å²) in [5, 5.41) is 0. The molecule has 0 bridgehead atoms. The molecule has 1 aliphatic carbocycles. The van der Waals surface area contributed by atoms with Crippen molar-refractivity contribution in [1.29, 1.82) is 0 Å². The maximum atomic E-state index is 6.17. The second-order valence-electron chi connectivity index (χ2n) is 8.46. The molecule has 1 rings (SSSR count). The van der Waals surface area contributed by atoms with E-state index in [4.69, 9.17) is 18.8 Å². The molecule has 0 heterocycles. The highest BCUT2D eigenvalue weighted by Crippen LogP contribution is 2.44. The predicted molar refractivity (Wildman–Crippen MR) is 95.3 cm³/mol. The van der Waals surface area contributed by atoms with Gasteiger partial charge >= 0.3 is 7.12 Å². The molecular formula is C18H37BO4. The van der Waals surface area contributed by atoms with E-state index in [-0.39, 0.29) is 26.1 Å². The Kier molecular flexibility index (Phi) is 8.05. The van der Waals surface area contributed by atoms with Crippen molar-refractivity contribution in [3.63, 3.8) is 0 Å². The van der Waals surface area contributed by atoms with Crippen LogP contribution in [0.4, 0.5) is 0 Å². The van der Waals surface area contributed by atoms with Crippen molar-refractivity contribution in [3.05, 3.63) is 0 Å². The van der Waals surface area contributed by atoms with Gasteiger partial charge in [0.2, 0.25) is 0 Å². The van der Waals surface area contributed by atoms with Crippen LogP contribution in [0.1, 0.15) is 74.1 Å². The average Bonchev–Trinajstić information content (AvgIpc) is 2.43. The first-order valence-electron chi connectivity index (χ1n) is 9.04. The Balaban J connectivity index is 2.92. The van der Waals surface area contributed by atoms with Crippen LogP contribution in [0.15, 0.2) is 0 Å². The van der Waals surface area contributed by atoms with E-state index in [9.17, 15) is 0 Å². The molecule has 0 aliphatic heterocycles. The van der Waals surface area contributed by atoms with E-state index >= 15 is 0 Å². The highest BCUT2D eigenvalue weighted by atomic mass is 16.7. The summed E-state index contributed by atoms with van der Waals surface area (Å²) in [6.07, 6.45) is 4.36. The molecule has 4 nitrogen and oxygen atoms in total. The fourth-order valence-corrected chi connectivity index (χ4v) is 3.37. The normalized spacial score (nSPS) is 26.1. The van der Waals surface area contributed by atoms with Crippen molar-refractivity contribution >= 4 is 7.12 Å². The lowest BCUT2D eigenvalue weighted by Crippen LogP contribution is -2.56. The molecule has 0 N–H and O–H groups in total. The summed E-state index contributed by atoms with van der Waals surface area (Å²) in [5.41, 5.74) is -0.0764. The first kappa shape index (κ1) is 20.9. The molecular weight excluding hydrogens is 291 g/mol. The van der Waals surface area contributed by atoms with Crippen LogP contribution < -0.4 is 0 Å². The predicted octanol–water partition coefficient (Wildman–Crippen LogP) is 4.46. The third kappa shape index (κ3) is 6.37. The molecule has 1 saturated carbocycles. The second kappa shape index (κ2) is 8.84. The summed E-state index contributed by atoms with van der Waals surface area (Å²) in [4.78, 5) is 0. The third-order valence-electron chi connectivity index (χ3n) is 4.74. The Morgan fingerprint density at radius 2 is 1.48 bits per heavy atom. The van der Waals surface area contributed by atoms with E-state index in [2.05, 4.69) is 20.8 Å². The van der Waals surface area contributed by atoms with Gasteiger partial charge in [-0.15, -0.1) is 0 Å². The van der Waals surface area contributed by atoms with Gasteiger partial charge in [0.25, 0.3) is 0 Å². The van der Waals surface area contributed by atoms with Crippen molar-refractivity contribution in [3.8, 4) is 0 Å². The van der Waals surface area contributed by atoms with Gasteiger partial charge in [-0.25, -0.2) is 0 Å². The first-order chi connectivity index (χ1) is 10.6. The van der Waals surface area contributed by atoms with E-state index in [0.717, 1.165) is 25.7 Å². The molecule has 0 atom stereocenters. The van der Waals surface area contributed by atoms with E-state index in [0.29, 0.717) is 11.3 Å². The van der Waals surface area contributed by atoms with E-state index in [1.807, 2.05) is 27.7 Å². The summed E-state index contributed by atoms with van der Waals surface area (Å²) in [6.45, 7) is 15.4. The lowest BCUT2D eigenvalue weighted by molar-refractivity contribution is -0.133. The van der Waals surface area contributed by atoms with Gasteiger partial charge < -0.3 is 18.8 Å². The maximum Gasteiger partial charge on any atom is 0.491 e. The quantitative estimate of drug-likeness (QED) is 0.487. The fourth-order valence-electron chi connectivity index (χ4n) is 3.37. The van der Waals surface area contributed by atoms with Crippen molar-refractivity contribution in [2.24, 2.45) is 11.3 Å².